The molecule has 2 aromatic rings. The van der Waals surface area contributed by atoms with E-state index in [1.54, 1.807) is 12.1 Å². The highest BCUT2D eigenvalue weighted by molar-refractivity contribution is 7.89. The molecule has 1 N–H and O–H groups in total. The predicted molar refractivity (Wildman–Crippen MR) is 85.3 cm³/mol. The van der Waals surface area contributed by atoms with E-state index in [0.29, 0.717) is 24.7 Å². The van der Waals surface area contributed by atoms with Crippen LogP contribution in [0.15, 0.2) is 47.4 Å². The second kappa shape index (κ2) is 5.54. The normalized spacial score (nSPS) is 19.4. The van der Waals surface area contributed by atoms with Crippen LogP contribution in [0.3, 0.4) is 0 Å². The molecule has 0 amide bonds. The van der Waals surface area contributed by atoms with Gasteiger partial charge < -0.3 is 9.47 Å². The van der Waals surface area contributed by atoms with Crippen molar-refractivity contribution in [2.75, 3.05) is 13.2 Å². The maximum Gasteiger partial charge on any atom is 0.241 e. The Morgan fingerprint density at radius 1 is 1.00 bits per heavy atom. The molecule has 23 heavy (non-hydrogen) atoms. The SMILES string of the molecule is O=S(=O)(NC1CCc2ccccc21)c1ccc2c(c1)OCCO2. The Hall–Kier alpha value is -2.05. The van der Waals surface area contributed by atoms with Crippen molar-refractivity contribution in [1.82, 2.24) is 4.72 Å². The van der Waals surface area contributed by atoms with Crippen LogP contribution in [0.1, 0.15) is 23.6 Å². The molecule has 1 aliphatic heterocycles. The molecule has 0 saturated heterocycles. The summed E-state index contributed by atoms with van der Waals surface area (Å²) in [4.78, 5) is 0.200. The van der Waals surface area contributed by atoms with Crippen molar-refractivity contribution >= 4 is 10.0 Å². The van der Waals surface area contributed by atoms with E-state index in [4.69, 9.17) is 9.47 Å². The molecule has 0 fully saturated rings. The van der Waals surface area contributed by atoms with Crippen molar-refractivity contribution in [3.05, 3.63) is 53.6 Å². The van der Waals surface area contributed by atoms with Crippen LogP contribution in [0.4, 0.5) is 0 Å². The molecule has 6 heteroatoms. The standard InChI is InChI=1S/C17H17NO4S/c19-23(20,13-6-8-16-17(11-13)22-10-9-21-16)18-15-7-5-12-3-1-2-4-14(12)15/h1-4,6,8,11,15,18H,5,7,9-10H2. The third-order valence-electron chi connectivity index (χ3n) is 4.25. The van der Waals surface area contributed by atoms with E-state index >= 15 is 0 Å². The fourth-order valence-electron chi connectivity index (χ4n) is 3.13. The molecule has 0 radical (unpaired) electrons. The number of aryl methyl sites for hydroxylation is 1. The Kier molecular flexibility index (Phi) is 3.50. The molecule has 0 saturated carbocycles. The minimum Gasteiger partial charge on any atom is -0.486 e. The van der Waals surface area contributed by atoms with Gasteiger partial charge in [0.1, 0.15) is 13.2 Å². The smallest absolute Gasteiger partial charge is 0.241 e. The van der Waals surface area contributed by atoms with Gasteiger partial charge in [-0.05, 0) is 36.1 Å². The lowest BCUT2D eigenvalue weighted by molar-refractivity contribution is 0.171. The Labute approximate surface area is 135 Å². The second-order valence-electron chi connectivity index (χ2n) is 5.72. The van der Waals surface area contributed by atoms with Crippen LogP contribution >= 0.6 is 0 Å². The van der Waals surface area contributed by atoms with Crippen molar-refractivity contribution in [1.29, 1.82) is 0 Å². The molecule has 1 heterocycles. The van der Waals surface area contributed by atoms with Crippen molar-refractivity contribution in [2.24, 2.45) is 0 Å². The zero-order chi connectivity index (χ0) is 15.9. The highest BCUT2D eigenvalue weighted by Crippen LogP contribution is 2.35. The van der Waals surface area contributed by atoms with E-state index in [-0.39, 0.29) is 10.9 Å². The van der Waals surface area contributed by atoms with Gasteiger partial charge in [0, 0.05) is 12.1 Å². The van der Waals surface area contributed by atoms with Gasteiger partial charge in [-0.1, -0.05) is 24.3 Å². The first-order valence-electron chi connectivity index (χ1n) is 7.63. The molecule has 2 aliphatic rings. The molecule has 1 atom stereocenters. The average molecular weight is 331 g/mol. The molecule has 0 bridgehead atoms. The Morgan fingerprint density at radius 2 is 1.78 bits per heavy atom. The number of rotatable bonds is 3. The van der Waals surface area contributed by atoms with Crippen LogP contribution in [0.2, 0.25) is 0 Å². The lowest BCUT2D eigenvalue weighted by atomic mass is 10.1. The number of hydrogen-bond acceptors (Lipinski definition) is 4. The third kappa shape index (κ3) is 2.68. The van der Waals surface area contributed by atoms with Gasteiger partial charge in [-0.3, -0.25) is 0 Å². The quantitative estimate of drug-likeness (QED) is 0.938. The first-order chi connectivity index (χ1) is 11.1. The van der Waals surface area contributed by atoms with Crippen LogP contribution in [0, 0.1) is 0 Å². The zero-order valence-electron chi connectivity index (χ0n) is 12.5. The lowest BCUT2D eigenvalue weighted by Gasteiger charge is -2.20. The predicted octanol–water partition coefficient (Wildman–Crippen LogP) is 2.42. The molecule has 1 unspecified atom stereocenters. The number of hydrogen-bond donors (Lipinski definition) is 1. The molecule has 0 spiro atoms. The van der Waals surface area contributed by atoms with Gasteiger partial charge in [0.2, 0.25) is 10.0 Å². The molecule has 2 aromatic carbocycles. The fourth-order valence-corrected chi connectivity index (χ4v) is 4.39. The van der Waals surface area contributed by atoms with Gasteiger partial charge in [-0.25, -0.2) is 13.1 Å². The van der Waals surface area contributed by atoms with E-state index in [9.17, 15) is 8.42 Å². The van der Waals surface area contributed by atoms with Crippen molar-refractivity contribution < 1.29 is 17.9 Å². The van der Waals surface area contributed by atoms with Crippen LogP contribution in [-0.2, 0) is 16.4 Å². The Bertz CT molecular complexity index is 847. The second-order valence-corrected chi connectivity index (χ2v) is 7.43. The third-order valence-corrected chi connectivity index (χ3v) is 5.72. The number of benzene rings is 2. The van der Waals surface area contributed by atoms with Gasteiger partial charge in [0.15, 0.2) is 11.5 Å². The lowest BCUT2D eigenvalue weighted by Crippen LogP contribution is -2.27. The molecule has 120 valence electrons. The summed E-state index contributed by atoms with van der Waals surface area (Å²) in [6.07, 6.45) is 1.67. The van der Waals surface area contributed by atoms with E-state index < -0.39 is 10.0 Å². The minimum atomic E-state index is -3.61. The molecular weight excluding hydrogens is 314 g/mol. The highest BCUT2D eigenvalue weighted by atomic mass is 32.2. The number of fused-ring (bicyclic) bond motifs is 2. The average Bonchev–Trinajstić information content (AvgIpc) is 2.97. The van der Waals surface area contributed by atoms with Gasteiger partial charge in [0.05, 0.1) is 4.90 Å². The first kappa shape index (κ1) is 14.5. The maximum absolute atomic E-state index is 12.7. The van der Waals surface area contributed by atoms with Crippen LogP contribution in [-0.4, -0.2) is 21.6 Å². The molecule has 1 aliphatic carbocycles. The molecular formula is C17H17NO4S. The largest absolute Gasteiger partial charge is 0.486 e. The van der Waals surface area contributed by atoms with Gasteiger partial charge >= 0.3 is 0 Å². The van der Waals surface area contributed by atoms with E-state index in [1.807, 2.05) is 24.3 Å². The fraction of sp³-hybridized carbons (Fsp3) is 0.294. The van der Waals surface area contributed by atoms with Crippen molar-refractivity contribution in [3.63, 3.8) is 0 Å². The zero-order valence-corrected chi connectivity index (χ0v) is 13.3. The van der Waals surface area contributed by atoms with Gasteiger partial charge in [0.25, 0.3) is 0 Å². The monoisotopic (exact) mass is 331 g/mol. The summed E-state index contributed by atoms with van der Waals surface area (Å²) >= 11 is 0. The van der Waals surface area contributed by atoms with E-state index in [0.717, 1.165) is 18.4 Å². The summed E-state index contributed by atoms with van der Waals surface area (Å²) < 4.78 is 39.1. The topological polar surface area (TPSA) is 64.6 Å². The Morgan fingerprint density at radius 3 is 2.65 bits per heavy atom. The summed E-state index contributed by atoms with van der Waals surface area (Å²) in [5, 5.41) is 0. The summed E-state index contributed by atoms with van der Waals surface area (Å²) in [5.41, 5.74) is 2.27. The van der Waals surface area contributed by atoms with Crippen LogP contribution in [0.25, 0.3) is 0 Å². The number of ether oxygens (including phenoxy) is 2. The van der Waals surface area contributed by atoms with E-state index in [1.165, 1.54) is 11.6 Å². The summed E-state index contributed by atoms with van der Waals surface area (Å²) in [5.74, 6) is 1.06. The van der Waals surface area contributed by atoms with Crippen molar-refractivity contribution in [2.45, 2.75) is 23.8 Å². The first-order valence-corrected chi connectivity index (χ1v) is 9.11. The molecule has 4 rings (SSSR count). The van der Waals surface area contributed by atoms with Gasteiger partial charge in [-0.15, -0.1) is 0 Å². The number of nitrogens with one attached hydrogen (secondary N) is 1. The summed E-state index contributed by atoms with van der Waals surface area (Å²) in [6.45, 7) is 0.913. The Balaban J connectivity index is 1.62. The number of sulfonamides is 1. The molecule has 5 nitrogen and oxygen atoms in total. The summed E-state index contributed by atoms with van der Waals surface area (Å²) in [7, 11) is -3.61. The summed E-state index contributed by atoms with van der Waals surface area (Å²) in [6, 6.07) is 12.5. The minimum absolute atomic E-state index is 0.176. The highest BCUT2D eigenvalue weighted by Gasteiger charge is 2.28. The van der Waals surface area contributed by atoms with Gasteiger partial charge in [-0.2, -0.15) is 0 Å². The van der Waals surface area contributed by atoms with Crippen LogP contribution in [0.5, 0.6) is 11.5 Å². The maximum atomic E-state index is 12.7. The molecule has 0 aromatic heterocycles. The van der Waals surface area contributed by atoms with Crippen LogP contribution < -0.4 is 14.2 Å². The van der Waals surface area contributed by atoms with E-state index in [2.05, 4.69) is 4.72 Å². The van der Waals surface area contributed by atoms with Crippen molar-refractivity contribution in [3.8, 4) is 11.5 Å².